The van der Waals surface area contributed by atoms with Gasteiger partial charge in [-0.25, -0.2) is 8.42 Å². The fourth-order valence-electron chi connectivity index (χ4n) is 3.69. The van der Waals surface area contributed by atoms with E-state index in [0.717, 1.165) is 0 Å². The van der Waals surface area contributed by atoms with Crippen LogP contribution in [0.2, 0.25) is 5.02 Å². The zero-order chi connectivity index (χ0) is 21.9. The van der Waals surface area contributed by atoms with Crippen LogP contribution in [-0.4, -0.2) is 44.1 Å². The van der Waals surface area contributed by atoms with Crippen LogP contribution in [0.3, 0.4) is 0 Å². The minimum atomic E-state index is -3.40. The number of Topliss-reactive ketones (excluding diaryl/α,β-unsaturated/α-hetero) is 2. The summed E-state index contributed by atoms with van der Waals surface area (Å²) in [5.41, 5.74) is 0.714. The van der Waals surface area contributed by atoms with Crippen molar-refractivity contribution in [1.82, 2.24) is 0 Å². The molecule has 1 heterocycles. The smallest absolute Gasteiger partial charge is 0.306 e. The lowest BCUT2D eigenvalue weighted by Crippen LogP contribution is -2.21. The van der Waals surface area contributed by atoms with Crippen LogP contribution in [0.25, 0.3) is 0 Å². The van der Waals surface area contributed by atoms with Crippen molar-refractivity contribution in [1.29, 1.82) is 0 Å². The van der Waals surface area contributed by atoms with E-state index in [4.69, 9.17) is 16.3 Å². The molecule has 30 heavy (non-hydrogen) atoms. The van der Waals surface area contributed by atoms with Gasteiger partial charge in [0.2, 0.25) is 0 Å². The second kappa shape index (κ2) is 9.66. The molecule has 1 aliphatic heterocycles. The summed E-state index contributed by atoms with van der Waals surface area (Å²) in [7, 11) is -3.40. The number of ether oxygens (including phenoxy) is 1. The highest BCUT2D eigenvalue weighted by molar-refractivity contribution is 8.03. The topological polar surface area (TPSA) is 94.6 Å². The van der Waals surface area contributed by atoms with Gasteiger partial charge in [-0.1, -0.05) is 11.6 Å². The molecule has 2 aliphatic rings. The number of benzene rings is 1. The fourth-order valence-corrected chi connectivity index (χ4v) is 6.85. The van der Waals surface area contributed by atoms with E-state index in [0.29, 0.717) is 48.5 Å². The number of ketones is 2. The maximum absolute atomic E-state index is 13.3. The molecule has 0 N–H and O–H groups in total. The summed E-state index contributed by atoms with van der Waals surface area (Å²) in [6.07, 6.45) is 2.62. The summed E-state index contributed by atoms with van der Waals surface area (Å²) in [5.74, 6) is -0.567. The second-order valence-corrected chi connectivity index (χ2v) is 10.8. The highest BCUT2D eigenvalue weighted by Gasteiger charge is 2.32. The van der Waals surface area contributed by atoms with Crippen molar-refractivity contribution in [2.45, 2.75) is 50.3 Å². The third-order valence-corrected chi connectivity index (χ3v) is 8.58. The minimum absolute atomic E-state index is 0.0640. The van der Waals surface area contributed by atoms with Gasteiger partial charge in [0, 0.05) is 17.7 Å². The summed E-state index contributed by atoms with van der Waals surface area (Å²) in [6, 6.07) is 2.83. The molecule has 0 spiro atoms. The van der Waals surface area contributed by atoms with E-state index in [1.165, 1.54) is 23.9 Å². The van der Waals surface area contributed by atoms with Crippen LogP contribution < -0.4 is 0 Å². The maximum atomic E-state index is 13.3. The van der Waals surface area contributed by atoms with Gasteiger partial charge in [-0.2, -0.15) is 0 Å². The molecule has 6 nitrogen and oxygen atoms in total. The molecule has 0 atom stereocenters. The molecule has 3 rings (SSSR count). The van der Waals surface area contributed by atoms with E-state index >= 15 is 0 Å². The van der Waals surface area contributed by atoms with E-state index in [9.17, 15) is 22.8 Å². The van der Waals surface area contributed by atoms with Crippen LogP contribution in [-0.2, 0) is 30.6 Å². The van der Waals surface area contributed by atoms with Crippen molar-refractivity contribution >= 4 is 50.7 Å². The lowest BCUT2D eigenvalue weighted by atomic mass is 9.90. The molecule has 0 saturated carbocycles. The number of esters is 1. The quantitative estimate of drug-likeness (QED) is 0.338. The number of allylic oxidation sites excluding steroid dienone is 2. The van der Waals surface area contributed by atoms with Gasteiger partial charge in [0.15, 0.2) is 21.4 Å². The molecule has 162 valence electrons. The maximum Gasteiger partial charge on any atom is 0.306 e. The molecule has 0 bridgehead atoms. The molecule has 0 saturated heterocycles. The van der Waals surface area contributed by atoms with Crippen LogP contribution in [0.15, 0.2) is 27.5 Å². The molecular weight excluding hydrogens is 448 g/mol. The van der Waals surface area contributed by atoms with E-state index in [-0.39, 0.29) is 51.4 Å². The summed E-state index contributed by atoms with van der Waals surface area (Å²) in [4.78, 5) is 38.3. The first-order chi connectivity index (χ1) is 14.3. The summed E-state index contributed by atoms with van der Waals surface area (Å²) in [5, 5.41) is 0.113. The number of sulfone groups is 1. The van der Waals surface area contributed by atoms with Crippen molar-refractivity contribution in [2.24, 2.45) is 0 Å². The molecule has 0 fully saturated rings. The molecule has 1 aromatic carbocycles. The zero-order valence-corrected chi connectivity index (χ0v) is 19.1. The number of rotatable bonds is 7. The van der Waals surface area contributed by atoms with Gasteiger partial charge in [0.1, 0.15) is 0 Å². The molecule has 0 unspecified atom stereocenters. The Balaban J connectivity index is 1.92. The summed E-state index contributed by atoms with van der Waals surface area (Å²) < 4.78 is 29.5. The number of hydrogen-bond donors (Lipinski definition) is 0. The standard InChI is InChI=1S/C21H23ClO6S2/c1-2-28-18(24)10-11-29-16-7-3-6-15(23)19(16)21(25)14-8-9-17-13(20(14)22)5-4-12-30(17,26)27/h8-9H,2-7,10-12H2,1H3. The molecule has 0 amide bonds. The Bertz CT molecular complexity index is 1030. The van der Waals surface area contributed by atoms with Gasteiger partial charge >= 0.3 is 5.97 Å². The third kappa shape index (κ3) is 4.81. The number of thioether (sulfide) groups is 1. The van der Waals surface area contributed by atoms with Gasteiger partial charge < -0.3 is 4.74 Å². The van der Waals surface area contributed by atoms with Crippen molar-refractivity contribution < 1.29 is 27.5 Å². The second-order valence-electron chi connectivity index (χ2n) is 7.13. The van der Waals surface area contributed by atoms with E-state index in [1.54, 1.807) is 6.92 Å². The summed E-state index contributed by atoms with van der Waals surface area (Å²) >= 11 is 7.78. The molecule has 9 heteroatoms. The predicted molar refractivity (Wildman–Crippen MR) is 116 cm³/mol. The molecule has 1 aliphatic carbocycles. The first-order valence-corrected chi connectivity index (χ1v) is 12.9. The van der Waals surface area contributed by atoms with Gasteiger partial charge in [-0.15, -0.1) is 11.8 Å². The third-order valence-electron chi connectivity index (χ3n) is 5.10. The fraction of sp³-hybridized carbons (Fsp3) is 0.476. The van der Waals surface area contributed by atoms with Crippen LogP contribution in [0, 0.1) is 0 Å². The van der Waals surface area contributed by atoms with Gasteiger partial charge in [-0.05, 0) is 55.2 Å². The highest BCUT2D eigenvalue weighted by Crippen LogP contribution is 2.37. The average Bonchev–Trinajstić information content (AvgIpc) is 2.68. The Labute approximate surface area is 185 Å². The number of carbonyl (C=O) groups is 3. The molecule has 0 aromatic heterocycles. The monoisotopic (exact) mass is 470 g/mol. The Hall–Kier alpha value is -1.64. The first-order valence-electron chi connectivity index (χ1n) is 9.90. The Morgan fingerprint density at radius 2 is 1.93 bits per heavy atom. The summed E-state index contributed by atoms with van der Waals surface area (Å²) in [6.45, 7) is 2.04. The van der Waals surface area contributed by atoms with Crippen LogP contribution >= 0.6 is 23.4 Å². The minimum Gasteiger partial charge on any atom is -0.466 e. The Morgan fingerprint density at radius 3 is 2.67 bits per heavy atom. The van der Waals surface area contributed by atoms with E-state index in [2.05, 4.69) is 0 Å². The van der Waals surface area contributed by atoms with Gasteiger partial charge in [-0.3, -0.25) is 14.4 Å². The molecule has 0 radical (unpaired) electrons. The van der Waals surface area contributed by atoms with Crippen molar-refractivity contribution in [3.8, 4) is 0 Å². The number of hydrogen-bond acceptors (Lipinski definition) is 7. The van der Waals surface area contributed by atoms with E-state index < -0.39 is 15.6 Å². The molecule has 1 aromatic rings. The number of fused-ring (bicyclic) bond motifs is 1. The van der Waals surface area contributed by atoms with Crippen molar-refractivity contribution in [3.05, 3.63) is 38.8 Å². The van der Waals surface area contributed by atoms with Crippen LogP contribution in [0.4, 0.5) is 0 Å². The SMILES string of the molecule is CCOC(=O)CCSC1=C(C(=O)c2ccc3c(c2Cl)CCCS3(=O)=O)C(=O)CCC1. The Morgan fingerprint density at radius 1 is 1.17 bits per heavy atom. The lowest BCUT2D eigenvalue weighted by molar-refractivity contribution is -0.142. The molecular formula is C21H23ClO6S2. The number of halogens is 1. The predicted octanol–water partition coefficient (Wildman–Crippen LogP) is 3.94. The first kappa shape index (κ1) is 23.0. The van der Waals surface area contributed by atoms with Crippen LogP contribution in [0.5, 0.6) is 0 Å². The zero-order valence-electron chi connectivity index (χ0n) is 16.7. The normalized spacial score (nSPS) is 18.1. The number of carbonyl (C=O) groups excluding carboxylic acids is 3. The Kier molecular flexibility index (Phi) is 7.42. The largest absolute Gasteiger partial charge is 0.466 e. The van der Waals surface area contributed by atoms with Crippen LogP contribution in [0.1, 0.15) is 54.9 Å². The van der Waals surface area contributed by atoms with E-state index in [1.807, 2.05) is 0 Å². The van der Waals surface area contributed by atoms with Gasteiger partial charge in [0.05, 0.1) is 34.3 Å². The van der Waals surface area contributed by atoms with Crippen molar-refractivity contribution in [3.63, 3.8) is 0 Å². The highest BCUT2D eigenvalue weighted by atomic mass is 35.5. The van der Waals surface area contributed by atoms with Crippen molar-refractivity contribution in [2.75, 3.05) is 18.1 Å². The lowest BCUT2D eigenvalue weighted by Gasteiger charge is -2.21. The van der Waals surface area contributed by atoms with Gasteiger partial charge in [0.25, 0.3) is 0 Å². The average molecular weight is 471 g/mol.